The Bertz CT molecular complexity index is 416. The Labute approximate surface area is 129 Å². The van der Waals surface area contributed by atoms with Gasteiger partial charge in [0.05, 0.1) is 5.60 Å². The molecule has 0 amide bonds. The molecule has 0 saturated carbocycles. The van der Waals surface area contributed by atoms with E-state index in [1.165, 1.54) is 12.0 Å². The highest BCUT2D eigenvalue weighted by Crippen LogP contribution is 2.24. The molecule has 0 bridgehead atoms. The van der Waals surface area contributed by atoms with E-state index in [0.717, 1.165) is 25.9 Å². The second-order valence-electron chi connectivity index (χ2n) is 6.38. The normalized spacial score (nSPS) is 21.6. The molecule has 2 rings (SSSR count). The van der Waals surface area contributed by atoms with Crippen LogP contribution in [0.15, 0.2) is 30.3 Å². The Balaban J connectivity index is 1.84. The minimum atomic E-state index is -0.543. The summed E-state index contributed by atoms with van der Waals surface area (Å²) in [6.07, 6.45) is 2.79. The lowest BCUT2D eigenvalue weighted by Gasteiger charge is -2.28. The number of benzene rings is 1. The summed E-state index contributed by atoms with van der Waals surface area (Å²) in [5.41, 5.74) is 0.843. The molecule has 1 aromatic rings. The molecule has 118 valence electrons. The summed E-state index contributed by atoms with van der Waals surface area (Å²) >= 11 is 0. The van der Waals surface area contributed by atoms with E-state index in [1.54, 1.807) is 0 Å². The molecule has 2 N–H and O–H groups in total. The van der Waals surface area contributed by atoms with Gasteiger partial charge in [-0.1, -0.05) is 44.2 Å². The number of likely N-dealkylation sites (tertiary alicyclic amines) is 1. The van der Waals surface area contributed by atoms with Crippen molar-refractivity contribution in [2.45, 2.75) is 57.7 Å². The number of nitrogens with one attached hydrogen (secondary N) is 1. The molecular formula is C18H30N2O. The third kappa shape index (κ3) is 4.29. The van der Waals surface area contributed by atoms with E-state index in [2.05, 4.69) is 61.3 Å². The van der Waals surface area contributed by atoms with Gasteiger partial charge in [-0.2, -0.15) is 0 Å². The van der Waals surface area contributed by atoms with Crippen molar-refractivity contribution < 1.29 is 5.11 Å². The Hall–Kier alpha value is -0.900. The monoisotopic (exact) mass is 290 g/mol. The number of hydrogen-bond acceptors (Lipinski definition) is 3. The van der Waals surface area contributed by atoms with Crippen molar-refractivity contribution in [3.8, 4) is 0 Å². The molecule has 0 aromatic heterocycles. The first-order valence-corrected chi connectivity index (χ1v) is 8.32. The summed E-state index contributed by atoms with van der Waals surface area (Å²) in [4.78, 5) is 2.53. The summed E-state index contributed by atoms with van der Waals surface area (Å²) in [5.74, 6) is 0. The first-order valence-electron chi connectivity index (χ1n) is 8.32. The van der Waals surface area contributed by atoms with Crippen LogP contribution in [0.3, 0.4) is 0 Å². The summed E-state index contributed by atoms with van der Waals surface area (Å²) in [5, 5.41) is 13.9. The molecule has 0 aliphatic carbocycles. The van der Waals surface area contributed by atoms with Crippen LogP contribution in [0, 0.1) is 0 Å². The number of hydrogen-bond donors (Lipinski definition) is 2. The van der Waals surface area contributed by atoms with Gasteiger partial charge >= 0.3 is 0 Å². The van der Waals surface area contributed by atoms with Gasteiger partial charge in [0, 0.05) is 31.7 Å². The highest BCUT2D eigenvalue weighted by atomic mass is 16.3. The fraction of sp³-hybridized carbons (Fsp3) is 0.667. The van der Waals surface area contributed by atoms with Crippen LogP contribution in [0.4, 0.5) is 0 Å². The van der Waals surface area contributed by atoms with E-state index < -0.39 is 5.60 Å². The maximum absolute atomic E-state index is 10.4. The van der Waals surface area contributed by atoms with Crippen LogP contribution in [-0.4, -0.2) is 41.3 Å². The quantitative estimate of drug-likeness (QED) is 0.810. The van der Waals surface area contributed by atoms with Crippen molar-refractivity contribution in [1.82, 2.24) is 10.2 Å². The summed E-state index contributed by atoms with van der Waals surface area (Å²) in [7, 11) is 0. The lowest BCUT2D eigenvalue weighted by Crippen LogP contribution is -2.44. The van der Waals surface area contributed by atoms with Crippen molar-refractivity contribution in [2.75, 3.05) is 19.6 Å². The molecule has 1 aromatic carbocycles. The van der Waals surface area contributed by atoms with Crippen LogP contribution in [0.25, 0.3) is 0 Å². The Morgan fingerprint density at radius 3 is 2.57 bits per heavy atom. The van der Waals surface area contributed by atoms with Crippen LogP contribution in [-0.2, 0) is 0 Å². The third-order valence-electron chi connectivity index (χ3n) is 5.09. The lowest BCUT2D eigenvalue weighted by atomic mass is 9.97. The molecule has 1 fully saturated rings. The van der Waals surface area contributed by atoms with Gasteiger partial charge in [-0.05, 0) is 31.7 Å². The molecule has 1 saturated heterocycles. The fourth-order valence-electron chi connectivity index (χ4n) is 3.08. The highest BCUT2D eigenvalue weighted by molar-refractivity contribution is 5.18. The Kier molecular flexibility index (Phi) is 5.80. The van der Waals surface area contributed by atoms with Crippen molar-refractivity contribution in [2.24, 2.45) is 0 Å². The van der Waals surface area contributed by atoms with E-state index in [4.69, 9.17) is 0 Å². The van der Waals surface area contributed by atoms with Crippen molar-refractivity contribution in [1.29, 1.82) is 0 Å². The van der Waals surface area contributed by atoms with Gasteiger partial charge < -0.3 is 10.4 Å². The van der Waals surface area contributed by atoms with Crippen molar-refractivity contribution in [3.63, 3.8) is 0 Å². The molecule has 2 unspecified atom stereocenters. The molecule has 0 radical (unpaired) electrons. The predicted octanol–water partition coefficient (Wildman–Crippen LogP) is 2.96. The summed E-state index contributed by atoms with van der Waals surface area (Å²) < 4.78 is 0. The maximum Gasteiger partial charge on any atom is 0.0766 e. The van der Waals surface area contributed by atoms with Crippen LogP contribution in [0.2, 0.25) is 0 Å². The zero-order valence-corrected chi connectivity index (χ0v) is 13.7. The molecule has 0 spiro atoms. The topological polar surface area (TPSA) is 35.5 Å². The van der Waals surface area contributed by atoms with Crippen LogP contribution in [0.1, 0.15) is 51.6 Å². The Morgan fingerprint density at radius 2 is 1.95 bits per heavy atom. The first-order chi connectivity index (χ1) is 10.1. The number of nitrogens with zero attached hydrogens (tertiary/aromatic N) is 1. The SMILES string of the molecule is CCC(O)(CC)CNC1CCN(C(C)c2ccccc2)C1. The largest absolute Gasteiger partial charge is 0.389 e. The van der Waals surface area contributed by atoms with Crippen molar-refractivity contribution in [3.05, 3.63) is 35.9 Å². The first kappa shape index (κ1) is 16.5. The predicted molar refractivity (Wildman–Crippen MR) is 88.4 cm³/mol. The third-order valence-corrected chi connectivity index (χ3v) is 5.09. The Morgan fingerprint density at radius 1 is 1.29 bits per heavy atom. The zero-order valence-electron chi connectivity index (χ0n) is 13.7. The van der Waals surface area contributed by atoms with Gasteiger partial charge in [0.1, 0.15) is 0 Å². The average Bonchev–Trinajstić information content (AvgIpc) is 3.02. The maximum atomic E-state index is 10.4. The smallest absolute Gasteiger partial charge is 0.0766 e. The van der Waals surface area contributed by atoms with Gasteiger partial charge in [0.15, 0.2) is 0 Å². The second-order valence-corrected chi connectivity index (χ2v) is 6.38. The van der Waals surface area contributed by atoms with Crippen LogP contribution in [0.5, 0.6) is 0 Å². The molecule has 21 heavy (non-hydrogen) atoms. The summed E-state index contributed by atoms with van der Waals surface area (Å²) in [6, 6.07) is 11.7. The second kappa shape index (κ2) is 7.39. The highest BCUT2D eigenvalue weighted by Gasteiger charge is 2.29. The van der Waals surface area contributed by atoms with E-state index in [0.29, 0.717) is 18.6 Å². The van der Waals surface area contributed by atoms with Crippen LogP contribution < -0.4 is 5.32 Å². The fourth-order valence-corrected chi connectivity index (χ4v) is 3.08. The lowest BCUT2D eigenvalue weighted by molar-refractivity contribution is 0.0300. The van der Waals surface area contributed by atoms with Gasteiger partial charge in [0.2, 0.25) is 0 Å². The minimum Gasteiger partial charge on any atom is -0.389 e. The van der Waals surface area contributed by atoms with Gasteiger partial charge in [-0.25, -0.2) is 0 Å². The summed E-state index contributed by atoms with van der Waals surface area (Å²) in [6.45, 7) is 9.31. The molecule has 1 aliphatic heterocycles. The van der Waals surface area contributed by atoms with Gasteiger partial charge in [0.25, 0.3) is 0 Å². The zero-order chi connectivity index (χ0) is 15.3. The average molecular weight is 290 g/mol. The molecule has 3 heteroatoms. The minimum absolute atomic E-state index is 0.467. The van der Waals surface area contributed by atoms with Gasteiger partial charge in [-0.15, -0.1) is 0 Å². The van der Waals surface area contributed by atoms with E-state index in [9.17, 15) is 5.11 Å². The number of rotatable bonds is 7. The van der Waals surface area contributed by atoms with E-state index in [1.807, 2.05) is 0 Å². The molecule has 3 nitrogen and oxygen atoms in total. The molecular weight excluding hydrogens is 260 g/mol. The van der Waals surface area contributed by atoms with Crippen LogP contribution >= 0.6 is 0 Å². The molecule has 2 atom stereocenters. The molecule has 1 heterocycles. The molecule has 1 aliphatic rings. The van der Waals surface area contributed by atoms with Gasteiger partial charge in [-0.3, -0.25) is 4.90 Å². The van der Waals surface area contributed by atoms with E-state index in [-0.39, 0.29) is 0 Å². The van der Waals surface area contributed by atoms with Crippen molar-refractivity contribution >= 4 is 0 Å². The standard InChI is InChI=1S/C18H30N2O/c1-4-18(21,5-2)14-19-17-11-12-20(13-17)15(3)16-9-7-6-8-10-16/h6-10,15,17,19,21H,4-5,11-14H2,1-3H3. The number of aliphatic hydroxyl groups is 1. The van der Waals surface area contributed by atoms with E-state index >= 15 is 0 Å².